The van der Waals surface area contributed by atoms with Crippen molar-refractivity contribution in [1.82, 2.24) is 0 Å². The number of Topliss-reactive ketones (excluding diaryl/α,β-unsaturated/α-hetero) is 1. The van der Waals surface area contributed by atoms with Crippen LogP contribution in [0.15, 0.2) is 29.4 Å². The van der Waals surface area contributed by atoms with E-state index < -0.39 is 15.7 Å². The summed E-state index contributed by atoms with van der Waals surface area (Å²) in [6, 6.07) is 5.04. The van der Waals surface area contributed by atoms with E-state index in [1.165, 1.54) is 24.3 Å². The van der Waals surface area contributed by atoms with Crippen molar-refractivity contribution in [3.05, 3.63) is 50.4 Å². The second-order valence-corrected chi connectivity index (χ2v) is 3.58. The fraction of sp³-hybridized carbons (Fsp3) is 0.125. The Morgan fingerprint density at radius 2 is 2.06 bits per heavy atom. The zero-order valence-electron chi connectivity index (χ0n) is 7.78. The van der Waals surface area contributed by atoms with Gasteiger partial charge in [0.05, 0.1) is 4.92 Å². The summed E-state index contributed by atoms with van der Waals surface area (Å²) in [6.07, 6.45) is 0. The number of hydrogen-bond donors (Lipinski definition) is 0. The summed E-state index contributed by atoms with van der Waals surface area (Å²) in [4.78, 5) is 22.8. The number of rotatable bonds is 4. The molecule has 0 aliphatic rings. The summed E-state index contributed by atoms with van der Waals surface area (Å²) in [7, 11) is 0. The number of carbonyl (C=O) groups is 1. The van der Waals surface area contributed by atoms with Gasteiger partial charge in [-0.2, -0.15) is 0 Å². The molecule has 0 amide bonds. The van der Waals surface area contributed by atoms with Crippen LogP contribution in [0.4, 0.5) is 5.69 Å². The molecule has 16 heavy (non-hydrogen) atoms. The van der Waals surface area contributed by atoms with Gasteiger partial charge in [-0.05, 0) is 17.7 Å². The number of benzene rings is 1. The van der Waals surface area contributed by atoms with Crippen LogP contribution >= 0.6 is 15.9 Å². The van der Waals surface area contributed by atoms with Crippen molar-refractivity contribution >= 4 is 27.4 Å². The first-order valence-corrected chi connectivity index (χ1v) is 4.95. The fourth-order valence-corrected chi connectivity index (χ4v) is 1.33. The maximum absolute atomic E-state index is 11.5. The van der Waals surface area contributed by atoms with E-state index in [9.17, 15) is 14.9 Å². The number of ketones is 1. The van der Waals surface area contributed by atoms with Crippen LogP contribution in [0.1, 0.15) is 10.4 Å². The molecule has 8 heteroatoms. The summed E-state index contributed by atoms with van der Waals surface area (Å²) in [5.41, 5.74) is 8.27. The molecule has 0 N–H and O–H groups in total. The number of carbonyl (C=O) groups excluding carboxylic acids is 1. The van der Waals surface area contributed by atoms with E-state index >= 15 is 0 Å². The third-order valence-corrected chi connectivity index (χ3v) is 2.33. The molecule has 1 atom stereocenters. The van der Waals surface area contributed by atoms with Crippen LogP contribution in [0.3, 0.4) is 0 Å². The van der Waals surface area contributed by atoms with Crippen LogP contribution < -0.4 is 0 Å². The van der Waals surface area contributed by atoms with Crippen LogP contribution in [0.25, 0.3) is 10.4 Å². The number of halogens is 1. The highest BCUT2D eigenvalue weighted by atomic mass is 79.9. The topological polar surface area (TPSA) is 109 Å². The first-order valence-electron chi connectivity index (χ1n) is 4.03. The molecule has 7 nitrogen and oxygen atoms in total. The average molecular weight is 285 g/mol. The van der Waals surface area contributed by atoms with Gasteiger partial charge in [0.2, 0.25) is 0 Å². The number of nitro benzene ring substituents is 1. The minimum Gasteiger partial charge on any atom is -0.293 e. The van der Waals surface area contributed by atoms with Gasteiger partial charge in [0.1, 0.15) is 0 Å². The number of nitrogens with zero attached hydrogens (tertiary/aromatic N) is 4. The quantitative estimate of drug-likeness (QED) is 0.124. The van der Waals surface area contributed by atoms with Crippen molar-refractivity contribution in [3.63, 3.8) is 0 Å². The third kappa shape index (κ3) is 2.78. The average Bonchev–Trinajstić information content (AvgIpc) is 2.28. The molecular weight excluding hydrogens is 280 g/mol. The Labute approximate surface area is 98.0 Å². The molecule has 0 fully saturated rings. The number of nitro groups is 1. The highest BCUT2D eigenvalue weighted by molar-refractivity contribution is 9.10. The molecule has 82 valence electrons. The van der Waals surface area contributed by atoms with Gasteiger partial charge in [0, 0.05) is 22.6 Å². The predicted molar refractivity (Wildman–Crippen MR) is 59.3 cm³/mol. The van der Waals surface area contributed by atoms with Crippen molar-refractivity contribution in [2.45, 2.75) is 4.95 Å². The standard InChI is InChI=1S/C8H5BrN4O3/c9-8(11-12-10)7(14)5-1-3-6(4-2-5)13(15)16/h1-4,8H. The monoisotopic (exact) mass is 284 g/mol. The normalized spacial score (nSPS) is 11.3. The number of hydrogen-bond acceptors (Lipinski definition) is 4. The molecule has 0 bridgehead atoms. The highest BCUT2D eigenvalue weighted by Crippen LogP contribution is 2.16. The first-order chi connectivity index (χ1) is 7.56. The Kier molecular flexibility index (Phi) is 3.98. The highest BCUT2D eigenvalue weighted by Gasteiger charge is 2.16. The number of azide groups is 1. The minimum absolute atomic E-state index is 0.105. The minimum atomic E-state index is -1.00. The molecule has 0 saturated heterocycles. The van der Waals surface area contributed by atoms with Gasteiger partial charge >= 0.3 is 0 Å². The van der Waals surface area contributed by atoms with Gasteiger partial charge in [-0.25, -0.2) is 0 Å². The van der Waals surface area contributed by atoms with E-state index in [-0.39, 0.29) is 11.3 Å². The molecule has 0 aliphatic carbocycles. The summed E-state index contributed by atoms with van der Waals surface area (Å²) in [5, 5.41) is 13.5. The van der Waals surface area contributed by atoms with Crippen molar-refractivity contribution in [2.75, 3.05) is 0 Å². The molecule has 0 heterocycles. The second-order valence-electron chi connectivity index (χ2n) is 2.71. The summed E-state index contributed by atoms with van der Waals surface area (Å²) >= 11 is 2.88. The van der Waals surface area contributed by atoms with Crippen molar-refractivity contribution in [1.29, 1.82) is 0 Å². The van der Waals surface area contributed by atoms with E-state index in [0.717, 1.165) is 0 Å². The Balaban J connectivity index is 2.93. The van der Waals surface area contributed by atoms with Gasteiger partial charge < -0.3 is 0 Å². The predicted octanol–water partition coefficient (Wildman–Crippen LogP) is 2.81. The van der Waals surface area contributed by atoms with Crippen LogP contribution in [-0.4, -0.2) is 15.7 Å². The zero-order chi connectivity index (χ0) is 12.1. The smallest absolute Gasteiger partial charge is 0.269 e. The molecule has 1 aromatic carbocycles. The molecular formula is C8H5BrN4O3. The fourth-order valence-electron chi connectivity index (χ4n) is 0.983. The molecule has 0 saturated carbocycles. The van der Waals surface area contributed by atoms with E-state index in [1.54, 1.807) is 0 Å². The van der Waals surface area contributed by atoms with Gasteiger partial charge in [0.15, 0.2) is 10.7 Å². The maximum atomic E-state index is 11.5. The van der Waals surface area contributed by atoms with Crippen LogP contribution in [0.2, 0.25) is 0 Å². The van der Waals surface area contributed by atoms with Crippen molar-refractivity contribution in [2.24, 2.45) is 5.11 Å². The molecule has 0 spiro atoms. The number of alkyl halides is 1. The molecule has 0 aliphatic heterocycles. The Bertz CT molecular complexity index is 467. The molecule has 0 radical (unpaired) electrons. The van der Waals surface area contributed by atoms with E-state index in [2.05, 4.69) is 26.0 Å². The lowest BCUT2D eigenvalue weighted by Crippen LogP contribution is -2.10. The maximum Gasteiger partial charge on any atom is 0.269 e. The lowest BCUT2D eigenvalue weighted by Gasteiger charge is -2.01. The lowest BCUT2D eigenvalue weighted by molar-refractivity contribution is -0.384. The van der Waals surface area contributed by atoms with Crippen molar-refractivity contribution in [3.8, 4) is 0 Å². The Hall–Kier alpha value is -1.92. The molecule has 1 unspecified atom stereocenters. The molecule has 0 aromatic heterocycles. The summed E-state index contributed by atoms with van der Waals surface area (Å²) in [6.45, 7) is 0. The third-order valence-electron chi connectivity index (χ3n) is 1.73. The zero-order valence-corrected chi connectivity index (χ0v) is 9.36. The van der Waals surface area contributed by atoms with E-state index in [0.29, 0.717) is 0 Å². The van der Waals surface area contributed by atoms with Crippen LogP contribution in [-0.2, 0) is 0 Å². The Morgan fingerprint density at radius 1 is 1.50 bits per heavy atom. The van der Waals surface area contributed by atoms with Gasteiger partial charge in [0.25, 0.3) is 5.69 Å². The van der Waals surface area contributed by atoms with Gasteiger partial charge in [-0.1, -0.05) is 21.0 Å². The Morgan fingerprint density at radius 3 is 2.50 bits per heavy atom. The van der Waals surface area contributed by atoms with E-state index in [1.807, 2.05) is 0 Å². The van der Waals surface area contributed by atoms with Crippen LogP contribution in [0, 0.1) is 10.1 Å². The van der Waals surface area contributed by atoms with E-state index in [4.69, 9.17) is 5.53 Å². The summed E-state index contributed by atoms with van der Waals surface area (Å²) < 4.78 is 0. The molecule has 1 rings (SSSR count). The van der Waals surface area contributed by atoms with Gasteiger partial charge in [-0.15, -0.1) is 0 Å². The van der Waals surface area contributed by atoms with Crippen LogP contribution in [0.5, 0.6) is 0 Å². The van der Waals surface area contributed by atoms with Gasteiger partial charge in [-0.3, -0.25) is 14.9 Å². The van der Waals surface area contributed by atoms with Crippen molar-refractivity contribution < 1.29 is 9.72 Å². The first kappa shape index (κ1) is 12.2. The summed E-state index contributed by atoms with van der Waals surface area (Å²) in [5.74, 6) is -0.451. The second kappa shape index (κ2) is 5.24. The number of non-ortho nitro benzene ring substituents is 1. The largest absolute Gasteiger partial charge is 0.293 e. The lowest BCUT2D eigenvalue weighted by atomic mass is 10.1. The molecule has 1 aromatic rings. The SMILES string of the molecule is [N-]=[N+]=NC(Br)C(=O)c1ccc([N+](=O)[O-])cc1.